The molecule has 0 heterocycles. The monoisotopic (exact) mass is 141 g/mol. The topological polar surface area (TPSA) is 23.8 Å². The van der Waals surface area contributed by atoms with Crippen LogP contribution < -0.4 is 0 Å². The van der Waals surface area contributed by atoms with Crippen molar-refractivity contribution in [3.63, 3.8) is 0 Å². The van der Waals surface area contributed by atoms with Crippen molar-refractivity contribution in [3.8, 4) is 6.07 Å². The van der Waals surface area contributed by atoms with E-state index >= 15 is 0 Å². The highest BCUT2D eigenvalue weighted by Gasteiger charge is 2.05. The smallest absolute Gasteiger partial charge is 0.0946 e. The van der Waals surface area contributed by atoms with E-state index in [-0.39, 0.29) is 12.6 Å². The zero-order valence-corrected chi connectivity index (χ0v) is 6.39. The van der Waals surface area contributed by atoms with Crippen LogP contribution in [0.3, 0.4) is 0 Å². The van der Waals surface area contributed by atoms with E-state index in [1.165, 1.54) is 0 Å². The Morgan fingerprint density at radius 2 is 2.40 bits per heavy atom. The lowest BCUT2D eigenvalue weighted by Gasteiger charge is -2.04. The molecule has 0 radical (unpaired) electrons. The normalized spacial score (nSPS) is 14.4. The first-order chi connectivity index (χ1) is 4.76. The minimum atomic E-state index is -0.347. The minimum absolute atomic E-state index is 0.0694. The van der Waals surface area contributed by atoms with Crippen molar-refractivity contribution in [1.29, 1.82) is 5.26 Å². The second-order valence-corrected chi connectivity index (χ2v) is 2.23. The van der Waals surface area contributed by atoms with Crippen molar-refractivity contribution in [2.24, 2.45) is 5.92 Å². The van der Waals surface area contributed by atoms with Gasteiger partial charge in [0.05, 0.1) is 12.7 Å². The van der Waals surface area contributed by atoms with Crippen molar-refractivity contribution in [3.05, 3.63) is 11.6 Å². The first-order valence-electron chi connectivity index (χ1n) is 3.38. The molecular formula is C8H12FN. The van der Waals surface area contributed by atoms with Crippen molar-refractivity contribution >= 4 is 0 Å². The number of alkyl halides is 1. The molecule has 0 rings (SSSR count). The lowest BCUT2D eigenvalue weighted by Crippen LogP contribution is -1.98. The van der Waals surface area contributed by atoms with E-state index in [1.807, 2.05) is 13.0 Å². The molecular weight excluding hydrogens is 129 g/mol. The van der Waals surface area contributed by atoms with Crippen molar-refractivity contribution in [2.75, 3.05) is 6.67 Å². The average molecular weight is 141 g/mol. The van der Waals surface area contributed by atoms with Gasteiger partial charge in [-0.05, 0) is 19.3 Å². The molecule has 0 spiro atoms. The maximum absolute atomic E-state index is 11.7. The maximum atomic E-state index is 11.7. The van der Waals surface area contributed by atoms with E-state index < -0.39 is 0 Å². The molecule has 0 saturated heterocycles. The molecule has 0 aromatic rings. The molecule has 0 aromatic carbocycles. The van der Waals surface area contributed by atoms with Crippen LogP contribution in [0.2, 0.25) is 0 Å². The molecule has 0 aliphatic rings. The highest BCUT2D eigenvalue weighted by atomic mass is 19.1. The van der Waals surface area contributed by atoms with Crippen LogP contribution in [-0.2, 0) is 0 Å². The molecule has 1 unspecified atom stereocenters. The number of hydrogen-bond acceptors (Lipinski definition) is 1. The first-order valence-corrected chi connectivity index (χ1v) is 3.38. The Kier molecular flexibility index (Phi) is 4.57. The van der Waals surface area contributed by atoms with E-state index in [1.54, 1.807) is 13.0 Å². The van der Waals surface area contributed by atoms with Gasteiger partial charge < -0.3 is 0 Å². The van der Waals surface area contributed by atoms with E-state index in [2.05, 4.69) is 0 Å². The van der Waals surface area contributed by atoms with Crippen LogP contribution in [0.5, 0.6) is 0 Å². The Morgan fingerprint density at radius 3 is 2.70 bits per heavy atom. The fraction of sp³-hybridized carbons (Fsp3) is 0.625. The van der Waals surface area contributed by atoms with Crippen molar-refractivity contribution < 1.29 is 4.39 Å². The third-order valence-electron chi connectivity index (χ3n) is 1.51. The second-order valence-electron chi connectivity index (χ2n) is 2.23. The number of nitriles is 1. The molecule has 1 nitrogen and oxygen atoms in total. The summed E-state index contributed by atoms with van der Waals surface area (Å²) < 4.78 is 11.7. The van der Waals surface area contributed by atoms with Crippen LogP contribution in [0.4, 0.5) is 4.39 Å². The summed E-state index contributed by atoms with van der Waals surface area (Å²) in [7, 11) is 0. The molecule has 0 amide bonds. The van der Waals surface area contributed by atoms with Crippen molar-refractivity contribution in [2.45, 2.75) is 20.3 Å². The lowest BCUT2D eigenvalue weighted by molar-refractivity contribution is 0.432. The van der Waals surface area contributed by atoms with Crippen LogP contribution in [-0.4, -0.2) is 6.67 Å². The number of halogens is 1. The molecule has 0 fully saturated rings. The highest BCUT2D eigenvalue weighted by molar-refractivity contribution is 5.21. The summed E-state index contributed by atoms with van der Waals surface area (Å²) in [4.78, 5) is 0. The summed E-state index contributed by atoms with van der Waals surface area (Å²) in [5.74, 6) is 0.0694. The number of nitrogens with zero attached hydrogens (tertiary/aromatic N) is 1. The van der Waals surface area contributed by atoms with Gasteiger partial charge in [-0.25, -0.2) is 0 Å². The highest BCUT2D eigenvalue weighted by Crippen LogP contribution is 2.12. The van der Waals surface area contributed by atoms with E-state index in [0.29, 0.717) is 12.0 Å². The minimum Gasteiger partial charge on any atom is -0.251 e. The Morgan fingerprint density at radius 1 is 1.80 bits per heavy atom. The number of allylic oxidation sites excluding steroid dienone is 2. The predicted molar refractivity (Wildman–Crippen MR) is 39.1 cm³/mol. The van der Waals surface area contributed by atoms with Gasteiger partial charge in [0.1, 0.15) is 0 Å². The van der Waals surface area contributed by atoms with E-state index in [9.17, 15) is 4.39 Å². The summed E-state index contributed by atoms with van der Waals surface area (Å²) in [5.41, 5.74) is 0.678. The second kappa shape index (κ2) is 4.99. The summed E-state index contributed by atoms with van der Waals surface area (Å²) in [6, 6.07) is 2.03. The third-order valence-corrected chi connectivity index (χ3v) is 1.51. The van der Waals surface area contributed by atoms with Gasteiger partial charge in [-0.1, -0.05) is 13.0 Å². The Labute approximate surface area is 61.2 Å². The van der Waals surface area contributed by atoms with Gasteiger partial charge >= 0.3 is 0 Å². The summed E-state index contributed by atoms with van der Waals surface area (Å²) >= 11 is 0. The Bertz CT molecular complexity index is 155. The maximum Gasteiger partial charge on any atom is 0.0946 e. The van der Waals surface area contributed by atoms with Crippen LogP contribution in [0.1, 0.15) is 20.3 Å². The molecule has 10 heavy (non-hydrogen) atoms. The van der Waals surface area contributed by atoms with Gasteiger partial charge in [0.25, 0.3) is 0 Å². The molecule has 56 valence electrons. The van der Waals surface area contributed by atoms with E-state index in [0.717, 1.165) is 0 Å². The standard InChI is InChI=1S/C8H12FN/c1-3-8(6-10)7(2)4-5-9/h3,7H,4-5H2,1-2H3/b8-3-. The van der Waals surface area contributed by atoms with Crippen LogP contribution in [0.15, 0.2) is 11.6 Å². The molecule has 2 heteroatoms. The number of rotatable bonds is 3. The molecule has 0 aliphatic carbocycles. The molecule has 1 atom stereocenters. The van der Waals surface area contributed by atoms with Gasteiger partial charge in [-0.3, -0.25) is 4.39 Å². The van der Waals surface area contributed by atoms with Crippen LogP contribution >= 0.6 is 0 Å². The SMILES string of the molecule is C/C=C(/C#N)C(C)CCF. The largest absolute Gasteiger partial charge is 0.251 e. The van der Waals surface area contributed by atoms with Crippen molar-refractivity contribution in [1.82, 2.24) is 0 Å². The average Bonchev–Trinajstić information content (AvgIpc) is 1.91. The third kappa shape index (κ3) is 2.63. The molecule has 0 N–H and O–H groups in total. The van der Waals surface area contributed by atoms with E-state index in [4.69, 9.17) is 5.26 Å². The summed E-state index contributed by atoms with van der Waals surface area (Å²) in [6.07, 6.45) is 2.19. The Hall–Kier alpha value is -0.840. The molecule has 0 aliphatic heterocycles. The number of hydrogen-bond donors (Lipinski definition) is 0. The zero-order chi connectivity index (χ0) is 7.98. The first kappa shape index (κ1) is 9.16. The quantitative estimate of drug-likeness (QED) is 0.554. The molecule has 0 saturated carbocycles. The molecule has 0 aromatic heterocycles. The summed E-state index contributed by atoms with van der Waals surface area (Å²) in [5, 5.41) is 8.48. The molecule has 0 bridgehead atoms. The fourth-order valence-electron chi connectivity index (χ4n) is 0.778. The lowest BCUT2D eigenvalue weighted by atomic mass is 9.99. The van der Waals surface area contributed by atoms with Crippen LogP contribution in [0, 0.1) is 17.2 Å². The summed E-state index contributed by atoms with van der Waals surface area (Å²) in [6.45, 7) is 3.31. The van der Waals surface area contributed by atoms with Gasteiger partial charge in [0.15, 0.2) is 0 Å². The van der Waals surface area contributed by atoms with Gasteiger partial charge in [0, 0.05) is 5.57 Å². The Balaban J connectivity index is 3.93. The van der Waals surface area contributed by atoms with Gasteiger partial charge in [-0.2, -0.15) is 5.26 Å². The van der Waals surface area contributed by atoms with Crippen LogP contribution in [0.25, 0.3) is 0 Å². The van der Waals surface area contributed by atoms with Gasteiger partial charge in [-0.15, -0.1) is 0 Å². The fourth-order valence-corrected chi connectivity index (χ4v) is 0.778. The zero-order valence-electron chi connectivity index (χ0n) is 6.39. The van der Waals surface area contributed by atoms with Gasteiger partial charge in [0.2, 0.25) is 0 Å². The predicted octanol–water partition coefficient (Wildman–Crippen LogP) is 2.45.